The van der Waals surface area contributed by atoms with Crippen molar-refractivity contribution in [3.8, 4) is 0 Å². The number of hydrogen-bond acceptors (Lipinski definition) is 5. The molecular weight excluding hydrogens is 337 g/mol. The fourth-order valence-corrected chi connectivity index (χ4v) is 2.07. The van der Waals surface area contributed by atoms with Crippen molar-refractivity contribution in [1.82, 2.24) is 14.9 Å². The molecule has 0 aromatic carbocycles. The van der Waals surface area contributed by atoms with Gasteiger partial charge in [0.2, 0.25) is 5.95 Å². The van der Waals surface area contributed by atoms with Crippen molar-refractivity contribution in [2.24, 2.45) is 0 Å². The molecule has 1 rings (SSSR count). The zero-order chi connectivity index (χ0) is 19.4. The lowest BCUT2D eigenvalue weighted by molar-refractivity contribution is -0.138. The quantitative estimate of drug-likeness (QED) is 0.801. The highest BCUT2D eigenvalue weighted by Gasteiger charge is 2.31. The molecule has 6 nitrogen and oxygen atoms in total. The molecule has 9 heteroatoms. The van der Waals surface area contributed by atoms with Gasteiger partial charge in [0.05, 0.1) is 11.6 Å². The summed E-state index contributed by atoms with van der Waals surface area (Å²) in [6.45, 7) is 7.61. The maximum Gasteiger partial charge on any atom is 0.419 e. The molecule has 1 heterocycles. The van der Waals surface area contributed by atoms with Crippen molar-refractivity contribution >= 4 is 12.0 Å². The van der Waals surface area contributed by atoms with Crippen LogP contribution in [0.4, 0.5) is 23.9 Å². The summed E-state index contributed by atoms with van der Waals surface area (Å²) in [6.07, 6.45) is -2.80. The van der Waals surface area contributed by atoms with Crippen molar-refractivity contribution < 1.29 is 22.7 Å². The van der Waals surface area contributed by atoms with E-state index in [2.05, 4.69) is 9.97 Å². The van der Waals surface area contributed by atoms with Gasteiger partial charge in [0.15, 0.2) is 0 Å². The minimum Gasteiger partial charge on any atom is -0.444 e. The van der Waals surface area contributed by atoms with E-state index >= 15 is 0 Å². The van der Waals surface area contributed by atoms with Gasteiger partial charge in [-0.3, -0.25) is 0 Å². The van der Waals surface area contributed by atoms with E-state index in [-0.39, 0.29) is 12.0 Å². The van der Waals surface area contributed by atoms with Crippen LogP contribution in [0.25, 0.3) is 0 Å². The SMILES string of the molecule is CC[C@@H](CN(C)c1ncc(C(F)(F)F)cn1)N(C)C(=O)OC(C)(C)C. The van der Waals surface area contributed by atoms with Gasteiger partial charge in [0, 0.05) is 33.0 Å². The Morgan fingerprint density at radius 1 is 1.20 bits per heavy atom. The molecule has 142 valence electrons. The molecule has 1 atom stereocenters. The number of rotatable bonds is 5. The van der Waals surface area contributed by atoms with Gasteiger partial charge >= 0.3 is 12.3 Å². The summed E-state index contributed by atoms with van der Waals surface area (Å²) in [6, 6.07) is -0.203. The molecule has 0 saturated carbocycles. The van der Waals surface area contributed by atoms with Gasteiger partial charge in [0.25, 0.3) is 0 Å². The predicted molar refractivity (Wildman–Crippen MR) is 88.4 cm³/mol. The summed E-state index contributed by atoms with van der Waals surface area (Å²) in [5.74, 6) is 0.157. The Balaban J connectivity index is 2.78. The highest BCUT2D eigenvalue weighted by molar-refractivity contribution is 5.68. The molecule has 0 bridgehead atoms. The molecular formula is C16H25F3N4O2. The maximum absolute atomic E-state index is 12.6. The first-order valence-electron chi connectivity index (χ1n) is 7.91. The average molecular weight is 362 g/mol. The minimum atomic E-state index is -4.47. The molecule has 0 radical (unpaired) electrons. The number of likely N-dealkylation sites (N-methyl/N-ethyl adjacent to an activating group) is 2. The Morgan fingerprint density at radius 3 is 2.12 bits per heavy atom. The number of carbonyl (C=O) groups is 1. The lowest BCUT2D eigenvalue weighted by atomic mass is 10.2. The van der Waals surface area contributed by atoms with Crippen molar-refractivity contribution in [2.45, 2.75) is 51.9 Å². The van der Waals surface area contributed by atoms with Crippen LogP contribution in [0.15, 0.2) is 12.4 Å². The highest BCUT2D eigenvalue weighted by Crippen LogP contribution is 2.28. The first kappa shape index (κ1) is 21.0. The predicted octanol–water partition coefficient (Wildman–Crippen LogP) is 3.58. The van der Waals surface area contributed by atoms with E-state index in [1.54, 1.807) is 39.8 Å². The minimum absolute atomic E-state index is 0.157. The first-order chi connectivity index (χ1) is 11.3. The lowest BCUT2D eigenvalue weighted by Gasteiger charge is -2.32. The van der Waals surface area contributed by atoms with Crippen LogP contribution < -0.4 is 4.90 Å². The van der Waals surface area contributed by atoms with Crippen LogP contribution in [-0.4, -0.2) is 53.2 Å². The zero-order valence-electron chi connectivity index (χ0n) is 15.4. The van der Waals surface area contributed by atoms with Crippen LogP contribution >= 0.6 is 0 Å². The smallest absolute Gasteiger partial charge is 0.419 e. The summed E-state index contributed by atoms with van der Waals surface area (Å²) >= 11 is 0. The van der Waals surface area contributed by atoms with Crippen LogP contribution in [0.2, 0.25) is 0 Å². The van der Waals surface area contributed by atoms with Crippen LogP contribution in [-0.2, 0) is 10.9 Å². The number of amides is 1. The summed E-state index contributed by atoms with van der Waals surface area (Å²) in [5, 5.41) is 0. The molecule has 0 unspecified atom stereocenters. The van der Waals surface area contributed by atoms with Crippen LogP contribution in [0.1, 0.15) is 39.7 Å². The molecule has 0 N–H and O–H groups in total. The van der Waals surface area contributed by atoms with E-state index in [0.717, 1.165) is 12.4 Å². The lowest BCUT2D eigenvalue weighted by Crippen LogP contribution is -2.46. The molecule has 25 heavy (non-hydrogen) atoms. The Kier molecular flexibility index (Phi) is 6.61. The van der Waals surface area contributed by atoms with Crippen LogP contribution in [0.5, 0.6) is 0 Å². The Labute approximate surface area is 146 Å². The van der Waals surface area contributed by atoms with Gasteiger partial charge in [-0.25, -0.2) is 14.8 Å². The van der Waals surface area contributed by atoms with E-state index in [1.807, 2.05) is 6.92 Å². The number of nitrogens with zero attached hydrogens (tertiary/aromatic N) is 4. The molecule has 0 spiro atoms. The Bertz CT molecular complexity index is 570. The number of carbonyl (C=O) groups excluding carboxylic acids is 1. The van der Waals surface area contributed by atoms with Crippen molar-refractivity contribution in [2.75, 3.05) is 25.5 Å². The Hall–Kier alpha value is -2.06. The van der Waals surface area contributed by atoms with Crippen molar-refractivity contribution in [3.05, 3.63) is 18.0 Å². The summed E-state index contributed by atoms with van der Waals surface area (Å²) < 4.78 is 43.0. The largest absolute Gasteiger partial charge is 0.444 e. The number of alkyl halides is 3. The molecule has 1 aromatic heterocycles. The van der Waals surface area contributed by atoms with Crippen molar-refractivity contribution in [1.29, 1.82) is 0 Å². The van der Waals surface area contributed by atoms with Gasteiger partial charge in [-0.15, -0.1) is 0 Å². The fraction of sp³-hybridized carbons (Fsp3) is 0.688. The molecule has 0 saturated heterocycles. The molecule has 0 aliphatic carbocycles. The number of halogens is 3. The van der Waals surface area contributed by atoms with Gasteiger partial charge in [0.1, 0.15) is 5.60 Å². The van der Waals surface area contributed by atoms with Crippen LogP contribution in [0.3, 0.4) is 0 Å². The number of aromatic nitrogens is 2. The third-order valence-corrected chi connectivity index (χ3v) is 3.49. The standard InChI is InChI=1S/C16H25F3N4O2/c1-7-12(23(6)14(24)25-15(2,3)4)10-22(5)13-20-8-11(9-21-13)16(17,18)19/h8-9,12H,7,10H2,1-6H3/t12-/m0/s1. The summed E-state index contributed by atoms with van der Waals surface area (Å²) in [5.41, 5.74) is -1.51. The van der Waals surface area contributed by atoms with Gasteiger partial charge < -0.3 is 14.5 Å². The number of hydrogen-bond donors (Lipinski definition) is 0. The fourth-order valence-electron chi connectivity index (χ4n) is 2.07. The molecule has 0 fully saturated rings. The first-order valence-corrected chi connectivity index (χ1v) is 7.91. The van der Waals surface area contributed by atoms with Gasteiger partial charge in [-0.2, -0.15) is 13.2 Å². The molecule has 1 aromatic rings. The molecule has 1 amide bonds. The van der Waals surface area contributed by atoms with E-state index in [4.69, 9.17) is 4.74 Å². The maximum atomic E-state index is 12.6. The van der Waals surface area contributed by atoms with E-state index in [9.17, 15) is 18.0 Å². The van der Waals surface area contributed by atoms with E-state index in [0.29, 0.717) is 13.0 Å². The Morgan fingerprint density at radius 2 is 1.72 bits per heavy atom. The number of anilines is 1. The van der Waals surface area contributed by atoms with Gasteiger partial charge in [-0.1, -0.05) is 6.92 Å². The van der Waals surface area contributed by atoms with E-state index in [1.165, 1.54) is 4.90 Å². The topological polar surface area (TPSA) is 58.6 Å². The molecule has 0 aliphatic heterocycles. The summed E-state index contributed by atoms with van der Waals surface area (Å²) in [7, 11) is 3.29. The third kappa shape index (κ3) is 6.39. The zero-order valence-corrected chi connectivity index (χ0v) is 15.4. The highest BCUT2D eigenvalue weighted by atomic mass is 19.4. The normalized spacial score (nSPS) is 13.3. The van der Waals surface area contributed by atoms with E-state index < -0.39 is 23.4 Å². The second kappa shape index (κ2) is 7.88. The average Bonchev–Trinajstić information content (AvgIpc) is 2.49. The molecule has 0 aliphatic rings. The van der Waals surface area contributed by atoms with Gasteiger partial charge in [-0.05, 0) is 27.2 Å². The van der Waals surface area contributed by atoms with Crippen LogP contribution in [0, 0.1) is 0 Å². The second-order valence-electron chi connectivity index (χ2n) is 6.80. The second-order valence-corrected chi connectivity index (χ2v) is 6.80. The monoisotopic (exact) mass is 362 g/mol. The number of ether oxygens (including phenoxy) is 1. The third-order valence-electron chi connectivity index (χ3n) is 3.49. The summed E-state index contributed by atoms with van der Waals surface area (Å²) in [4.78, 5) is 22.8. The van der Waals surface area contributed by atoms with Crippen molar-refractivity contribution in [3.63, 3.8) is 0 Å².